The van der Waals surface area contributed by atoms with Crippen molar-refractivity contribution in [2.45, 2.75) is 34.0 Å². The summed E-state index contributed by atoms with van der Waals surface area (Å²) in [4.78, 5) is 1.42. The maximum atomic E-state index is 2.36. The Balaban J connectivity index is 0.000000541. The van der Waals surface area contributed by atoms with Crippen molar-refractivity contribution in [1.29, 1.82) is 0 Å². The summed E-state index contributed by atoms with van der Waals surface area (Å²) < 4.78 is 0. The van der Waals surface area contributed by atoms with Crippen molar-refractivity contribution in [1.82, 2.24) is 0 Å². The molecule has 0 atom stereocenters. The van der Waals surface area contributed by atoms with Crippen LogP contribution in [0.3, 0.4) is 0 Å². The van der Waals surface area contributed by atoms with Gasteiger partial charge < -0.3 is 4.90 Å². The van der Waals surface area contributed by atoms with Crippen LogP contribution in [-0.2, 0) is 6.32 Å². The largest absolute Gasteiger partial charge is 0.342 e. The molecule has 2 aromatic rings. The molecular weight excluding hydrogens is 265 g/mol. The van der Waals surface area contributed by atoms with Gasteiger partial charge in [0.1, 0.15) is 0 Å². The molecule has 0 aliphatic heterocycles. The van der Waals surface area contributed by atoms with Crippen LogP contribution >= 0.6 is 0 Å². The quantitative estimate of drug-likeness (QED) is 0.828. The van der Waals surface area contributed by atoms with Gasteiger partial charge in [-0.2, -0.15) is 0 Å². The van der Waals surface area contributed by atoms with Crippen molar-refractivity contribution in [2.75, 3.05) is 21.1 Å². The van der Waals surface area contributed by atoms with E-state index in [1.165, 1.54) is 38.2 Å². The Morgan fingerprint density at radius 1 is 0.727 bits per heavy atom. The molecular formula is C20H30BN+. The molecule has 2 rings (SSSR count). The number of hydrogen-bond acceptors (Lipinski definition) is 0. The van der Waals surface area contributed by atoms with E-state index in [4.69, 9.17) is 0 Å². The second kappa shape index (κ2) is 8.80. The summed E-state index contributed by atoms with van der Waals surface area (Å²) in [7, 11) is 8.61. The van der Waals surface area contributed by atoms with E-state index < -0.39 is 0 Å². The average molecular weight is 295 g/mol. The van der Waals surface area contributed by atoms with Gasteiger partial charge in [-0.15, -0.1) is 0 Å². The fraction of sp³-hybridized carbons (Fsp3) is 0.400. The smallest absolute Gasteiger partial charge is 0.157 e. The molecule has 0 saturated heterocycles. The molecule has 0 aromatic heterocycles. The summed E-state index contributed by atoms with van der Waals surface area (Å²) in [5.41, 5.74) is 8.35. The van der Waals surface area contributed by atoms with Gasteiger partial charge in [-0.25, -0.2) is 0 Å². The average Bonchev–Trinajstić information content (AvgIpc) is 2.40. The van der Waals surface area contributed by atoms with E-state index in [0.717, 1.165) is 6.32 Å². The van der Waals surface area contributed by atoms with Crippen molar-refractivity contribution >= 4 is 12.7 Å². The van der Waals surface area contributed by atoms with Crippen molar-refractivity contribution < 1.29 is 4.90 Å². The molecule has 0 aliphatic rings. The third kappa shape index (κ3) is 5.69. The number of benzene rings is 2. The van der Waals surface area contributed by atoms with Gasteiger partial charge >= 0.3 is 0 Å². The second-order valence-corrected chi connectivity index (χ2v) is 6.58. The normalized spacial score (nSPS) is 10.2. The SMILES string of the molecule is C[NH+](C)C.Cc1cccc(C)c1[B]Cc1c(C)cccc1C. The predicted octanol–water partition coefficient (Wildman–Crippen LogP) is 2.21. The summed E-state index contributed by atoms with van der Waals surface area (Å²) in [6, 6.07) is 13.0. The van der Waals surface area contributed by atoms with Crippen molar-refractivity contribution in [2.24, 2.45) is 0 Å². The first-order chi connectivity index (χ1) is 10.3. The minimum absolute atomic E-state index is 1.02. The molecule has 1 N–H and O–H groups in total. The lowest BCUT2D eigenvalue weighted by Gasteiger charge is -2.12. The first-order valence-corrected chi connectivity index (χ1v) is 8.04. The number of quaternary nitrogens is 1. The molecule has 0 heterocycles. The van der Waals surface area contributed by atoms with Crippen LogP contribution in [0.15, 0.2) is 36.4 Å². The number of aryl methyl sites for hydroxylation is 4. The van der Waals surface area contributed by atoms with Crippen LogP contribution in [0, 0.1) is 27.7 Å². The van der Waals surface area contributed by atoms with Gasteiger partial charge in [0.05, 0.1) is 21.1 Å². The molecule has 0 aliphatic carbocycles. The maximum Gasteiger partial charge on any atom is 0.157 e. The molecule has 0 bridgehead atoms. The Morgan fingerprint density at radius 2 is 1.09 bits per heavy atom. The Morgan fingerprint density at radius 3 is 1.50 bits per heavy atom. The monoisotopic (exact) mass is 295 g/mol. The van der Waals surface area contributed by atoms with Gasteiger partial charge in [-0.1, -0.05) is 53.0 Å². The molecule has 2 aromatic carbocycles. The molecule has 0 saturated carbocycles. The lowest BCUT2D eigenvalue weighted by molar-refractivity contribution is -0.836. The van der Waals surface area contributed by atoms with Gasteiger partial charge in [0, 0.05) is 0 Å². The van der Waals surface area contributed by atoms with Crippen LogP contribution in [0.25, 0.3) is 0 Å². The zero-order valence-corrected chi connectivity index (χ0v) is 15.2. The van der Waals surface area contributed by atoms with Crippen LogP contribution < -0.4 is 10.4 Å². The maximum absolute atomic E-state index is 2.36. The van der Waals surface area contributed by atoms with Gasteiger partial charge in [-0.05, 0) is 50.7 Å². The van der Waals surface area contributed by atoms with E-state index >= 15 is 0 Å². The fourth-order valence-electron chi connectivity index (χ4n) is 2.52. The van der Waals surface area contributed by atoms with Crippen LogP contribution in [0.4, 0.5) is 0 Å². The molecule has 0 unspecified atom stereocenters. The van der Waals surface area contributed by atoms with Crippen molar-refractivity contribution in [3.63, 3.8) is 0 Å². The second-order valence-electron chi connectivity index (χ2n) is 6.58. The van der Waals surface area contributed by atoms with Crippen LogP contribution in [-0.4, -0.2) is 28.4 Å². The lowest BCUT2D eigenvalue weighted by atomic mass is 9.61. The van der Waals surface area contributed by atoms with Crippen molar-refractivity contribution in [3.8, 4) is 0 Å². The third-order valence-corrected chi connectivity index (χ3v) is 3.70. The van der Waals surface area contributed by atoms with E-state index in [2.05, 4.69) is 92.5 Å². The summed E-state index contributed by atoms with van der Waals surface area (Å²) in [6.07, 6.45) is 1.02. The Bertz CT molecular complexity index is 508. The Hall–Kier alpha value is -1.54. The van der Waals surface area contributed by atoms with Crippen molar-refractivity contribution in [3.05, 3.63) is 64.2 Å². The minimum atomic E-state index is 1.02. The summed E-state index contributed by atoms with van der Waals surface area (Å²) in [5, 5.41) is 0. The predicted molar refractivity (Wildman–Crippen MR) is 99.7 cm³/mol. The van der Waals surface area contributed by atoms with Gasteiger partial charge in [0.15, 0.2) is 7.28 Å². The number of rotatable bonds is 3. The molecule has 117 valence electrons. The van der Waals surface area contributed by atoms with Crippen LogP contribution in [0.2, 0.25) is 0 Å². The van der Waals surface area contributed by atoms with E-state index in [0.29, 0.717) is 0 Å². The highest BCUT2D eigenvalue weighted by atomic mass is 15.0. The van der Waals surface area contributed by atoms with E-state index in [-0.39, 0.29) is 0 Å². The van der Waals surface area contributed by atoms with Gasteiger partial charge in [0.25, 0.3) is 0 Å². The minimum Gasteiger partial charge on any atom is -0.342 e. The topological polar surface area (TPSA) is 4.44 Å². The van der Waals surface area contributed by atoms with E-state index in [9.17, 15) is 0 Å². The highest BCUT2D eigenvalue weighted by Crippen LogP contribution is 2.13. The third-order valence-electron chi connectivity index (χ3n) is 3.70. The summed E-state index contributed by atoms with van der Waals surface area (Å²) >= 11 is 0. The molecule has 22 heavy (non-hydrogen) atoms. The molecule has 2 heteroatoms. The standard InChI is InChI=1S/C17H20B.C3H9N/c1-12-7-5-8-13(2)16(12)11-18-17-14(3)9-6-10-15(17)4;1-4(2)3/h5-10H,11H2,1-4H3;1-3H3/p+1. The van der Waals surface area contributed by atoms with Gasteiger partial charge in [-0.3, -0.25) is 0 Å². The zero-order valence-electron chi connectivity index (χ0n) is 15.2. The first kappa shape index (κ1) is 18.5. The lowest BCUT2D eigenvalue weighted by Crippen LogP contribution is -3.02. The molecule has 0 amide bonds. The number of hydrogen-bond donors (Lipinski definition) is 1. The molecule has 0 spiro atoms. The van der Waals surface area contributed by atoms with Crippen LogP contribution in [0.1, 0.15) is 27.8 Å². The highest BCUT2D eigenvalue weighted by Gasteiger charge is 2.07. The zero-order chi connectivity index (χ0) is 16.7. The van der Waals surface area contributed by atoms with Crippen LogP contribution in [0.5, 0.6) is 0 Å². The van der Waals surface area contributed by atoms with E-state index in [1.54, 1.807) is 0 Å². The number of nitrogens with one attached hydrogen (secondary N) is 1. The molecule has 1 nitrogen and oxygen atoms in total. The fourth-order valence-corrected chi connectivity index (χ4v) is 2.52. The summed E-state index contributed by atoms with van der Waals surface area (Å²) in [6.45, 7) is 8.76. The first-order valence-electron chi connectivity index (χ1n) is 8.04. The Labute approximate surface area is 137 Å². The highest BCUT2D eigenvalue weighted by molar-refractivity contribution is 6.54. The van der Waals surface area contributed by atoms with E-state index in [1.807, 2.05) is 0 Å². The summed E-state index contributed by atoms with van der Waals surface area (Å²) in [5.74, 6) is 0. The van der Waals surface area contributed by atoms with Gasteiger partial charge in [0.2, 0.25) is 0 Å². The molecule has 0 fully saturated rings. The molecule has 1 radical (unpaired) electrons. The Kier molecular flexibility index (Phi) is 7.40.